The molecule has 19 heavy (non-hydrogen) atoms. The molecule has 6 nitrogen and oxygen atoms in total. The van der Waals surface area contributed by atoms with Crippen molar-refractivity contribution in [3.63, 3.8) is 0 Å². The number of rotatable bonds is 9. The standard InChI is InChI=1S/C13H24N2O4/c1-10(2)15(9-13(18)19)12(17)7-5-4-6-8-14-11(3)16/h10H,4-9H2,1-3H3,(H,14,16)(H,18,19). The number of carboxylic acid groups (broad SMARTS) is 1. The summed E-state index contributed by atoms with van der Waals surface area (Å²) in [5.41, 5.74) is 0. The van der Waals surface area contributed by atoms with Gasteiger partial charge >= 0.3 is 5.97 Å². The first-order valence-corrected chi connectivity index (χ1v) is 6.60. The van der Waals surface area contributed by atoms with Crippen LogP contribution in [0.25, 0.3) is 0 Å². The molecule has 0 aromatic heterocycles. The third-order valence-electron chi connectivity index (χ3n) is 2.69. The molecule has 0 rings (SSSR count). The molecule has 0 saturated heterocycles. The fourth-order valence-corrected chi connectivity index (χ4v) is 1.69. The number of carbonyl (C=O) groups is 3. The van der Waals surface area contributed by atoms with Gasteiger partial charge in [0.05, 0.1) is 0 Å². The lowest BCUT2D eigenvalue weighted by molar-refractivity contribution is -0.145. The highest BCUT2D eigenvalue weighted by Gasteiger charge is 2.18. The Kier molecular flexibility index (Phi) is 8.57. The van der Waals surface area contributed by atoms with E-state index in [0.29, 0.717) is 19.4 Å². The van der Waals surface area contributed by atoms with Crippen LogP contribution in [-0.4, -0.2) is 46.9 Å². The minimum atomic E-state index is -0.993. The summed E-state index contributed by atoms with van der Waals surface area (Å²) in [4.78, 5) is 34.5. The molecule has 0 spiro atoms. The third-order valence-corrected chi connectivity index (χ3v) is 2.69. The number of hydrogen-bond acceptors (Lipinski definition) is 3. The molecular formula is C13H24N2O4. The number of unbranched alkanes of at least 4 members (excludes halogenated alkanes) is 2. The summed E-state index contributed by atoms with van der Waals surface area (Å²) in [5.74, 6) is -1.17. The Bertz CT molecular complexity index is 316. The highest BCUT2D eigenvalue weighted by Crippen LogP contribution is 2.06. The zero-order chi connectivity index (χ0) is 14.8. The minimum Gasteiger partial charge on any atom is -0.480 e. The van der Waals surface area contributed by atoms with E-state index in [2.05, 4.69) is 5.32 Å². The molecule has 6 heteroatoms. The first-order chi connectivity index (χ1) is 8.84. The van der Waals surface area contributed by atoms with Crippen LogP contribution >= 0.6 is 0 Å². The first kappa shape index (κ1) is 17.4. The summed E-state index contributed by atoms with van der Waals surface area (Å²) < 4.78 is 0. The quantitative estimate of drug-likeness (QED) is 0.613. The van der Waals surface area contributed by atoms with Crippen LogP contribution in [0, 0.1) is 0 Å². The number of aliphatic carboxylic acids is 1. The van der Waals surface area contributed by atoms with Crippen LogP contribution in [0.2, 0.25) is 0 Å². The SMILES string of the molecule is CC(=O)NCCCCCC(=O)N(CC(=O)O)C(C)C. The number of carbonyl (C=O) groups excluding carboxylic acids is 2. The molecule has 0 radical (unpaired) electrons. The van der Waals surface area contributed by atoms with E-state index in [1.165, 1.54) is 11.8 Å². The van der Waals surface area contributed by atoms with Crippen molar-refractivity contribution < 1.29 is 19.5 Å². The Labute approximate surface area is 114 Å². The maximum absolute atomic E-state index is 11.9. The molecule has 0 aliphatic heterocycles. The lowest BCUT2D eigenvalue weighted by Gasteiger charge is -2.24. The largest absolute Gasteiger partial charge is 0.480 e. The zero-order valence-corrected chi connectivity index (χ0v) is 11.9. The van der Waals surface area contributed by atoms with E-state index >= 15 is 0 Å². The van der Waals surface area contributed by atoms with E-state index < -0.39 is 5.97 Å². The Balaban J connectivity index is 3.87. The van der Waals surface area contributed by atoms with Crippen molar-refractivity contribution >= 4 is 17.8 Å². The second-order valence-corrected chi connectivity index (χ2v) is 4.80. The van der Waals surface area contributed by atoms with Gasteiger partial charge in [0.2, 0.25) is 11.8 Å². The predicted molar refractivity (Wildman–Crippen MR) is 71.6 cm³/mol. The van der Waals surface area contributed by atoms with Gasteiger partial charge in [0.25, 0.3) is 0 Å². The van der Waals surface area contributed by atoms with Crippen molar-refractivity contribution in [1.29, 1.82) is 0 Å². The van der Waals surface area contributed by atoms with E-state index in [-0.39, 0.29) is 24.4 Å². The lowest BCUT2D eigenvalue weighted by atomic mass is 10.1. The molecule has 2 N–H and O–H groups in total. The van der Waals surface area contributed by atoms with Crippen molar-refractivity contribution in [2.45, 2.75) is 52.5 Å². The maximum atomic E-state index is 11.9. The van der Waals surface area contributed by atoms with Gasteiger partial charge in [-0.15, -0.1) is 0 Å². The van der Waals surface area contributed by atoms with Crippen molar-refractivity contribution in [3.05, 3.63) is 0 Å². The first-order valence-electron chi connectivity index (χ1n) is 6.60. The fraction of sp³-hybridized carbons (Fsp3) is 0.769. The van der Waals surface area contributed by atoms with Crippen LogP contribution in [0.3, 0.4) is 0 Å². The molecule has 0 unspecified atom stereocenters. The van der Waals surface area contributed by atoms with Crippen LogP contribution in [0.4, 0.5) is 0 Å². The maximum Gasteiger partial charge on any atom is 0.323 e. The molecule has 2 amide bonds. The van der Waals surface area contributed by atoms with Gasteiger partial charge in [0, 0.05) is 25.9 Å². The Morgan fingerprint density at radius 1 is 1.16 bits per heavy atom. The zero-order valence-electron chi connectivity index (χ0n) is 11.9. The second kappa shape index (κ2) is 9.35. The van der Waals surface area contributed by atoms with Crippen LogP contribution < -0.4 is 5.32 Å². The molecule has 110 valence electrons. The molecule has 0 heterocycles. The van der Waals surface area contributed by atoms with Crippen molar-refractivity contribution in [3.8, 4) is 0 Å². The number of nitrogens with one attached hydrogen (secondary N) is 1. The van der Waals surface area contributed by atoms with Gasteiger partial charge in [0.1, 0.15) is 6.54 Å². The summed E-state index contributed by atoms with van der Waals surface area (Å²) in [6.07, 6.45) is 2.73. The van der Waals surface area contributed by atoms with E-state index in [9.17, 15) is 14.4 Å². The Morgan fingerprint density at radius 3 is 2.26 bits per heavy atom. The average Bonchev–Trinajstić information content (AvgIpc) is 2.29. The highest BCUT2D eigenvalue weighted by atomic mass is 16.4. The summed E-state index contributed by atoms with van der Waals surface area (Å²) >= 11 is 0. The summed E-state index contributed by atoms with van der Waals surface area (Å²) in [6, 6.07) is -0.108. The van der Waals surface area contributed by atoms with Crippen molar-refractivity contribution in [2.24, 2.45) is 0 Å². The molecule has 0 bridgehead atoms. The summed E-state index contributed by atoms with van der Waals surface area (Å²) in [5, 5.41) is 11.4. The molecule has 0 aromatic rings. The van der Waals surface area contributed by atoms with Crippen molar-refractivity contribution in [2.75, 3.05) is 13.1 Å². The van der Waals surface area contributed by atoms with Gasteiger partial charge in [-0.1, -0.05) is 6.42 Å². The number of hydrogen-bond donors (Lipinski definition) is 2. The fourth-order valence-electron chi connectivity index (χ4n) is 1.69. The average molecular weight is 272 g/mol. The molecule has 0 fully saturated rings. The summed E-state index contributed by atoms with van der Waals surface area (Å²) in [7, 11) is 0. The topological polar surface area (TPSA) is 86.7 Å². The smallest absolute Gasteiger partial charge is 0.323 e. The number of nitrogens with zero attached hydrogens (tertiary/aromatic N) is 1. The van der Waals surface area contributed by atoms with Crippen LogP contribution in [0.1, 0.15) is 46.5 Å². The summed E-state index contributed by atoms with van der Waals surface area (Å²) in [6.45, 7) is 5.44. The van der Waals surface area contributed by atoms with Gasteiger partial charge in [-0.2, -0.15) is 0 Å². The van der Waals surface area contributed by atoms with Gasteiger partial charge in [-0.3, -0.25) is 14.4 Å². The van der Waals surface area contributed by atoms with Crippen LogP contribution in [-0.2, 0) is 14.4 Å². The predicted octanol–water partition coefficient (Wildman–Crippen LogP) is 1.00. The monoisotopic (exact) mass is 272 g/mol. The lowest BCUT2D eigenvalue weighted by Crippen LogP contribution is -2.40. The molecule has 0 saturated carbocycles. The van der Waals surface area contributed by atoms with Gasteiger partial charge < -0.3 is 15.3 Å². The molecule has 0 aromatic carbocycles. The third kappa shape index (κ3) is 9.04. The van der Waals surface area contributed by atoms with E-state index in [1.807, 2.05) is 0 Å². The van der Waals surface area contributed by atoms with E-state index in [1.54, 1.807) is 13.8 Å². The Hall–Kier alpha value is -1.59. The second-order valence-electron chi connectivity index (χ2n) is 4.80. The van der Waals surface area contributed by atoms with Gasteiger partial charge in [0.15, 0.2) is 0 Å². The van der Waals surface area contributed by atoms with Gasteiger partial charge in [-0.05, 0) is 26.7 Å². The molecule has 0 atom stereocenters. The molecule has 0 aliphatic carbocycles. The van der Waals surface area contributed by atoms with Crippen molar-refractivity contribution in [1.82, 2.24) is 10.2 Å². The van der Waals surface area contributed by atoms with E-state index in [4.69, 9.17) is 5.11 Å². The highest BCUT2D eigenvalue weighted by molar-refractivity contribution is 5.81. The number of carboxylic acids is 1. The Morgan fingerprint density at radius 2 is 1.79 bits per heavy atom. The van der Waals surface area contributed by atoms with Crippen LogP contribution in [0.15, 0.2) is 0 Å². The molecular weight excluding hydrogens is 248 g/mol. The van der Waals surface area contributed by atoms with Gasteiger partial charge in [-0.25, -0.2) is 0 Å². The number of amides is 2. The molecule has 0 aliphatic rings. The van der Waals surface area contributed by atoms with E-state index in [0.717, 1.165) is 12.8 Å². The van der Waals surface area contributed by atoms with Crippen LogP contribution in [0.5, 0.6) is 0 Å². The normalized spacial score (nSPS) is 10.3. The minimum absolute atomic E-state index is 0.0523.